The Labute approximate surface area is 67.9 Å². The van der Waals surface area contributed by atoms with Crippen LogP contribution in [0.3, 0.4) is 0 Å². The van der Waals surface area contributed by atoms with Crippen molar-refractivity contribution in [1.82, 2.24) is 0 Å². The van der Waals surface area contributed by atoms with E-state index in [4.69, 9.17) is 14.7 Å². The molecule has 0 aromatic heterocycles. The van der Waals surface area contributed by atoms with Gasteiger partial charge in [-0.15, -0.1) is 0 Å². The van der Waals surface area contributed by atoms with E-state index >= 15 is 0 Å². The van der Waals surface area contributed by atoms with Gasteiger partial charge in [0.1, 0.15) is 0 Å². The third-order valence-corrected chi connectivity index (χ3v) is 0. The van der Waals surface area contributed by atoms with Gasteiger partial charge in [0.05, 0.1) is 0 Å². The van der Waals surface area contributed by atoms with Gasteiger partial charge in [0.2, 0.25) is 0 Å². The molecule has 0 unspecified atom stereocenters. The molecular formula is HO3PSr. The maximum Gasteiger partial charge on any atom is 2.00 e. The van der Waals surface area contributed by atoms with E-state index < -0.39 is 8.60 Å². The van der Waals surface area contributed by atoms with Gasteiger partial charge < -0.3 is 14.7 Å². The van der Waals surface area contributed by atoms with Gasteiger partial charge in [-0.3, -0.25) is 0 Å². The molecule has 0 aliphatic heterocycles. The van der Waals surface area contributed by atoms with Crippen LogP contribution in [-0.4, -0.2) is 50.4 Å². The molecule has 0 amide bonds. The van der Waals surface area contributed by atoms with Crippen LogP contribution in [0.15, 0.2) is 0 Å². The van der Waals surface area contributed by atoms with Crippen LogP contribution in [-0.2, 0) is 0 Å². The normalized spacial score (nSPS) is 7.20. The molecule has 0 saturated heterocycles. The van der Waals surface area contributed by atoms with Gasteiger partial charge in [-0.05, 0) is 0 Å². The standard InChI is InChI=1S/HO3P.Sr/c1-4(2)3;/h1H;/q-2;+2. The molecule has 0 fully saturated rings. The van der Waals surface area contributed by atoms with Crippen LogP contribution < -0.4 is 9.79 Å². The van der Waals surface area contributed by atoms with Crippen LogP contribution in [0.2, 0.25) is 0 Å². The molecule has 0 heterocycles. The van der Waals surface area contributed by atoms with Crippen molar-refractivity contribution in [3.63, 3.8) is 0 Å². The summed E-state index contributed by atoms with van der Waals surface area (Å²) in [6, 6.07) is 0. The Bertz CT molecular complexity index is 11.6. The van der Waals surface area contributed by atoms with Crippen molar-refractivity contribution >= 4 is 54.1 Å². The second-order valence-corrected chi connectivity index (χ2v) is 0.714. The average molecular weight is 168 g/mol. The third kappa shape index (κ3) is 26.0. The molecule has 0 rings (SSSR count). The van der Waals surface area contributed by atoms with Crippen molar-refractivity contribution in [3.8, 4) is 0 Å². The summed E-state index contributed by atoms with van der Waals surface area (Å²) in [5, 5.41) is 0. The molecular weight excluding hydrogens is 167 g/mol. The van der Waals surface area contributed by atoms with Gasteiger partial charge in [-0.1, -0.05) is 0 Å². The molecule has 0 spiro atoms. The zero-order valence-electron chi connectivity index (χ0n) is 2.42. The topological polar surface area (TPSA) is 66.3 Å². The van der Waals surface area contributed by atoms with E-state index in [-0.39, 0.29) is 45.5 Å². The quantitative estimate of drug-likeness (QED) is 0.322. The van der Waals surface area contributed by atoms with Gasteiger partial charge in [0.15, 0.2) is 0 Å². The van der Waals surface area contributed by atoms with Crippen molar-refractivity contribution in [1.29, 1.82) is 0 Å². The van der Waals surface area contributed by atoms with Gasteiger partial charge in [0, 0.05) is 0 Å². The fraction of sp³-hybridized carbons (Fsp3) is 0. The first-order valence-corrected chi connectivity index (χ1v) is 1.70. The molecule has 0 bridgehead atoms. The predicted molar refractivity (Wildman–Crippen MR) is 14.9 cm³/mol. The number of hydrogen-bond donors (Lipinski definition) is 1. The van der Waals surface area contributed by atoms with Crippen molar-refractivity contribution in [3.05, 3.63) is 0 Å². The average Bonchev–Trinajstić information content (AvgIpc) is 0.811. The first kappa shape index (κ1) is 9.92. The monoisotopic (exact) mass is 168 g/mol. The van der Waals surface area contributed by atoms with Crippen LogP contribution in [0, 0.1) is 0 Å². The molecule has 0 radical (unpaired) electrons. The molecule has 3 nitrogen and oxygen atoms in total. The van der Waals surface area contributed by atoms with Crippen molar-refractivity contribution < 1.29 is 14.7 Å². The first-order valence-electron chi connectivity index (χ1n) is 0.565. The van der Waals surface area contributed by atoms with Crippen LogP contribution in [0.5, 0.6) is 0 Å². The number of hydrogen-bond acceptors (Lipinski definition) is 3. The first-order chi connectivity index (χ1) is 1.73. The SMILES string of the molecule is [O-]P([O-])O.[Sr+2]. The summed E-state index contributed by atoms with van der Waals surface area (Å²) in [6.45, 7) is 0. The van der Waals surface area contributed by atoms with Crippen LogP contribution in [0.4, 0.5) is 0 Å². The summed E-state index contributed by atoms with van der Waals surface area (Å²) in [4.78, 5) is 24.2. The molecule has 0 aromatic rings. The van der Waals surface area contributed by atoms with E-state index in [0.717, 1.165) is 0 Å². The fourth-order valence-electron chi connectivity index (χ4n) is 0. The minimum Gasteiger partial charge on any atom is -0.820 e. The summed E-state index contributed by atoms with van der Waals surface area (Å²) in [5.41, 5.74) is 0. The number of rotatable bonds is 0. The Hall–Kier alpha value is 1.79. The Balaban J connectivity index is 0. The Kier molecular flexibility index (Phi) is 11.5. The van der Waals surface area contributed by atoms with E-state index in [1.54, 1.807) is 0 Å². The summed E-state index contributed by atoms with van der Waals surface area (Å²) in [5.74, 6) is 0. The summed E-state index contributed by atoms with van der Waals surface area (Å²) in [6.07, 6.45) is 0. The summed E-state index contributed by atoms with van der Waals surface area (Å²) >= 11 is 0. The van der Waals surface area contributed by atoms with E-state index in [9.17, 15) is 0 Å². The van der Waals surface area contributed by atoms with Crippen LogP contribution in [0.25, 0.3) is 0 Å². The fourth-order valence-corrected chi connectivity index (χ4v) is 0. The molecule has 5 heavy (non-hydrogen) atoms. The minimum absolute atomic E-state index is 0. The maximum absolute atomic E-state index is 8.59. The van der Waals surface area contributed by atoms with Gasteiger partial charge in [-0.25, -0.2) is 0 Å². The zero-order valence-corrected chi connectivity index (χ0v) is 6.79. The van der Waals surface area contributed by atoms with E-state index in [1.165, 1.54) is 0 Å². The smallest absolute Gasteiger partial charge is 0.820 e. The Morgan fingerprint density at radius 1 is 1.40 bits per heavy atom. The Morgan fingerprint density at radius 3 is 1.40 bits per heavy atom. The minimum atomic E-state index is -3.12. The van der Waals surface area contributed by atoms with Crippen LogP contribution >= 0.6 is 8.60 Å². The van der Waals surface area contributed by atoms with Crippen molar-refractivity contribution in [2.75, 3.05) is 0 Å². The molecule has 0 aromatic carbocycles. The van der Waals surface area contributed by atoms with Gasteiger partial charge in [-0.2, -0.15) is 8.60 Å². The second kappa shape index (κ2) is 5.79. The van der Waals surface area contributed by atoms with E-state index in [1.807, 2.05) is 0 Å². The van der Waals surface area contributed by atoms with Crippen LogP contribution in [0.1, 0.15) is 0 Å². The molecule has 0 atom stereocenters. The molecule has 5 heteroatoms. The zero-order chi connectivity index (χ0) is 3.58. The molecule has 1 N–H and O–H groups in total. The van der Waals surface area contributed by atoms with E-state index in [0.29, 0.717) is 0 Å². The molecule has 26 valence electrons. The van der Waals surface area contributed by atoms with E-state index in [2.05, 4.69) is 0 Å². The third-order valence-electron chi connectivity index (χ3n) is 0. The summed E-state index contributed by atoms with van der Waals surface area (Å²) in [7, 11) is -3.12. The summed E-state index contributed by atoms with van der Waals surface area (Å²) < 4.78 is 0. The Morgan fingerprint density at radius 2 is 1.40 bits per heavy atom. The molecule has 0 saturated carbocycles. The maximum atomic E-state index is 8.59. The van der Waals surface area contributed by atoms with Gasteiger partial charge in [0.25, 0.3) is 0 Å². The largest absolute Gasteiger partial charge is 2.00 e. The van der Waals surface area contributed by atoms with Gasteiger partial charge >= 0.3 is 45.5 Å². The second-order valence-electron chi connectivity index (χ2n) is 0.238. The molecule has 0 aliphatic rings. The predicted octanol–water partition coefficient (Wildman–Crippen LogP) is -2.45. The van der Waals surface area contributed by atoms with Crippen molar-refractivity contribution in [2.45, 2.75) is 0 Å². The van der Waals surface area contributed by atoms with Crippen molar-refractivity contribution in [2.24, 2.45) is 0 Å². The molecule has 0 aliphatic carbocycles.